The van der Waals surface area contributed by atoms with Crippen molar-refractivity contribution in [2.45, 2.75) is 288 Å². The highest BCUT2D eigenvalue weighted by molar-refractivity contribution is 5.87. The molecule has 538 valence electrons. The lowest BCUT2D eigenvalue weighted by molar-refractivity contribution is -0.132. The highest BCUT2D eigenvalue weighted by atomic mass is 16.3. The molecule has 0 radical (unpaired) electrons. The van der Waals surface area contributed by atoms with Crippen LogP contribution >= 0.6 is 0 Å². The monoisotopic (exact) mass is 1330 g/mol. The van der Waals surface area contributed by atoms with Crippen LogP contribution in [0, 0.1) is 35.5 Å². The number of hydrogen-bond donors (Lipinski definition) is 15. The minimum atomic E-state index is -0.581. The summed E-state index contributed by atoms with van der Waals surface area (Å²) < 4.78 is 0. The molecular formula is C70H122N14O11. The minimum Gasteiger partial charge on any atom is -0.508 e. The van der Waals surface area contributed by atoms with Gasteiger partial charge in [0.15, 0.2) is 0 Å². The maximum atomic E-state index is 14.3. The van der Waals surface area contributed by atoms with E-state index >= 15 is 0 Å². The Labute approximate surface area is 565 Å². The molecule has 10 amide bonds. The molecule has 1 aromatic rings. The number of hydrogen-bond acceptors (Lipinski definition) is 15. The summed E-state index contributed by atoms with van der Waals surface area (Å²) in [6.07, 6.45) is 14.2. The average Bonchev–Trinajstić information content (AvgIpc) is 0.960. The van der Waals surface area contributed by atoms with E-state index in [1.165, 1.54) is 0 Å². The van der Waals surface area contributed by atoms with E-state index in [0.717, 1.165) is 56.9 Å². The molecule has 25 nitrogen and oxygen atoms in total. The number of primary amides is 1. The molecule has 0 aromatic heterocycles. The van der Waals surface area contributed by atoms with Crippen molar-refractivity contribution in [2.24, 2.45) is 64.2 Å². The quantitative estimate of drug-likeness (QED) is 0.0414. The summed E-state index contributed by atoms with van der Waals surface area (Å²) >= 11 is 0. The van der Waals surface area contributed by atoms with Gasteiger partial charge >= 0.3 is 0 Å². The molecule has 0 aliphatic heterocycles. The third-order valence-corrected chi connectivity index (χ3v) is 19.3. The van der Waals surface area contributed by atoms with Crippen LogP contribution in [0.4, 0.5) is 0 Å². The summed E-state index contributed by atoms with van der Waals surface area (Å²) in [5.74, 6) is -5.02. The highest BCUT2D eigenvalue weighted by Gasteiger charge is 2.38. The van der Waals surface area contributed by atoms with Gasteiger partial charge in [-0.1, -0.05) is 111 Å². The van der Waals surface area contributed by atoms with E-state index in [-0.39, 0.29) is 122 Å². The second kappa shape index (κ2) is 43.7. The van der Waals surface area contributed by atoms with Gasteiger partial charge < -0.3 is 81.6 Å². The number of carbonyl (C=O) groups excluding carboxylic acids is 10. The summed E-state index contributed by atoms with van der Waals surface area (Å²) in [4.78, 5) is 137. The first kappa shape index (κ1) is 81.0. The summed E-state index contributed by atoms with van der Waals surface area (Å²) in [6, 6.07) is 1.68. The van der Waals surface area contributed by atoms with Crippen molar-refractivity contribution in [3.63, 3.8) is 0 Å². The summed E-state index contributed by atoms with van der Waals surface area (Å²) in [7, 11) is 0. The molecule has 3 aliphatic rings. The Balaban J connectivity index is 1.33. The number of nitrogens with one attached hydrogen (secondary N) is 9. The van der Waals surface area contributed by atoms with Crippen LogP contribution in [0.15, 0.2) is 24.3 Å². The van der Waals surface area contributed by atoms with E-state index in [1.807, 2.05) is 41.5 Å². The number of benzene rings is 1. The van der Waals surface area contributed by atoms with Crippen molar-refractivity contribution in [2.75, 3.05) is 19.6 Å². The van der Waals surface area contributed by atoms with Crippen LogP contribution in [0.1, 0.15) is 227 Å². The van der Waals surface area contributed by atoms with Crippen molar-refractivity contribution in [3.8, 4) is 5.75 Å². The normalized spacial score (nSPS) is 21.1. The van der Waals surface area contributed by atoms with Gasteiger partial charge in [-0.25, -0.2) is 0 Å². The van der Waals surface area contributed by atoms with E-state index < -0.39 is 84.1 Å². The SMILES string of the molecule is CC(C)[C@@H](CC(=O)N[C@@H](CCCCN)CC(=O)N[C@H]1CCCC[C@@H]1C(=O)N[C@H](CC(=O)N[C@@H](CCCCN)CC(=O)N[C@H]1CCCC[C@@H]1C(=O)N[C@H](CC(=O)N[C@@H](CCCCN)CC(N)=O)C(C)C)C(C)C)NC(=O)[C@H]1CCCC[C@@H]1NC(=O)C[C@@H](N)Cc1ccc(O)cc1. The van der Waals surface area contributed by atoms with Gasteiger partial charge in [0.2, 0.25) is 59.1 Å². The maximum absolute atomic E-state index is 14.3. The van der Waals surface area contributed by atoms with Crippen LogP contribution < -0.4 is 76.5 Å². The first-order valence-electron chi connectivity index (χ1n) is 35.9. The first-order valence-corrected chi connectivity index (χ1v) is 35.9. The van der Waals surface area contributed by atoms with E-state index in [0.29, 0.717) is 110 Å². The zero-order chi connectivity index (χ0) is 70.0. The van der Waals surface area contributed by atoms with E-state index in [1.54, 1.807) is 24.3 Å². The van der Waals surface area contributed by atoms with Crippen LogP contribution in [0.2, 0.25) is 0 Å². The van der Waals surface area contributed by atoms with Gasteiger partial charge in [0.05, 0.1) is 17.8 Å². The van der Waals surface area contributed by atoms with Gasteiger partial charge in [-0.05, 0) is 139 Å². The van der Waals surface area contributed by atoms with E-state index in [4.69, 9.17) is 28.7 Å². The maximum Gasteiger partial charge on any atom is 0.225 e. The van der Waals surface area contributed by atoms with Gasteiger partial charge in [0.1, 0.15) is 5.75 Å². The van der Waals surface area contributed by atoms with Crippen molar-refractivity contribution >= 4 is 59.1 Å². The molecule has 3 aliphatic carbocycles. The van der Waals surface area contributed by atoms with E-state index in [9.17, 15) is 53.1 Å². The average molecular weight is 1340 g/mol. The number of amides is 10. The lowest BCUT2D eigenvalue weighted by Gasteiger charge is -2.34. The van der Waals surface area contributed by atoms with Gasteiger partial charge in [0, 0.05) is 105 Å². The highest BCUT2D eigenvalue weighted by Crippen LogP contribution is 2.29. The molecule has 4 rings (SSSR count). The number of rotatable bonds is 43. The standard InChI is InChI=1S/C70H122N14O11/c1-43(2)58(40-65(90)76-48(37-61(75)86)19-13-16-32-71)82-69(94)53-23-8-11-26-56(53)80-63(88)39-50(21-15-18-34-73)78-67(92)42-60(45(5)6)84-70(95)54-24-9-12-27-57(54)81-64(89)38-49(20-14-17-33-72)77-66(91)41-59(44(3)4)83-68(93)52-22-7-10-25-55(52)79-62(87)36-47(74)35-46-28-30-51(85)31-29-46/h28-31,43-45,47-50,52-60,85H,7-27,32-42,71-74H2,1-6H3,(H2,75,86)(H,76,90)(H,77,91)(H,78,92)(H,79,87)(H,80,88)(H,81,89)(H,82,94)(H,83,93)(H,84,95)/t47-,48-,49-,50-,52-,53-,54-,55-,56-,57-,58+,59+,60+/m0/s1. The Morgan fingerprint density at radius 3 is 1.02 bits per heavy atom. The number of phenols is 1. The molecule has 95 heavy (non-hydrogen) atoms. The number of carbonyl (C=O) groups is 10. The fraction of sp³-hybridized carbons (Fsp3) is 0.771. The molecule has 3 saturated carbocycles. The fourth-order valence-corrected chi connectivity index (χ4v) is 13.6. The molecule has 0 saturated heterocycles. The molecule has 20 N–H and O–H groups in total. The Hall–Kier alpha value is -6.44. The summed E-state index contributed by atoms with van der Waals surface area (Å²) in [5.41, 5.74) is 30.1. The number of unbranched alkanes of at least 4 members (excludes halogenated alkanes) is 3. The molecule has 1 aromatic carbocycles. The van der Waals surface area contributed by atoms with Gasteiger partial charge in [-0.2, -0.15) is 0 Å². The summed E-state index contributed by atoms with van der Waals surface area (Å²) in [6.45, 7) is 12.9. The molecule has 0 heterocycles. The fourth-order valence-electron chi connectivity index (χ4n) is 13.6. The number of aromatic hydroxyl groups is 1. The van der Waals surface area contributed by atoms with Gasteiger partial charge in [0.25, 0.3) is 0 Å². The largest absolute Gasteiger partial charge is 0.508 e. The summed E-state index contributed by atoms with van der Waals surface area (Å²) in [5, 5.41) is 37.4. The van der Waals surface area contributed by atoms with Crippen LogP contribution in [-0.2, 0) is 54.4 Å². The lowest BCUT2D eigenvalue weighted by Crippen LogP contribution is -2.53. The lowest BCUT2D eigenvalue weighted by atomic mass is 9.83. The number of phenolic OH excluding ortho intramolecular Hbond substituents is 1. The van der Waals surface area contributed by atoms with E-state index in [2.05, 4.69) is 47.9 Å². The Kier molecular flexibility index (Phi) is 37.2. The number of nitrogens with two attached hydrogens (primary N) is 5. The Morgan fingerprint density at radius 1 is 0.411 bits per heavy atom. The molecular weight excluding hydrogens is 1210 g/mol. The smallest absolute Gasteiger partial charge is 0.225 e. The van der Waals surface area contributed by atoms with Gasteiger partial charge in [-0.3, -0.25) is 47.9 Å². The molecule has 0 spiro atoms. The topological polar surface area (TPSA) is 429 Å². The van der Waals surface area contributed by atoms with Crippen molar-refractivity contribution in [3.05, 3.63) is 29.8 Å². The Morgan fingerprint density at radius 2 is 0.716 bits per heavy atom. The predicted octanol–water partition coefficient (Wildman–Crippen LogP) is 3.77. The predicted molar refractivity (Wildman–Crippen MR) is 368 cm³/mol. The minimum absolute atomic E-state index is 0.00305. The molecule has 25 heteroatoms. The van der Waals surface area contributed by atoms with Crippen molar-refractivity contribution < 1.29 is 53.1 Å². The molecule has 3 fully saturated rings. The Bertz CT molecular complexity index is 2560. The zero-order valence-electron chi connectivity index (χ0n) is 58.1. The third kappa shape index (κ3) is 31.1. The molecule has 13 atom stereocenters. The van der Waals surface area contributed by atoms with Crippen LogP contribution in [0.3, 0.4) is 0 Å². The van der Waals surface area contributed by atoms with Gasteiger partial charge in [-0.15, -0.1) is 0 Å². The first-order chi connectivity index (χ1) is 45.3. The second-order valence-electron chi connectivity index (χ2n) is 28.4. The molecule has 0 bridgehead atoms. The third-order valence-electron chi connectivity index (χ3n) is 19.3. The van der Waals surface area contributed by atoms with Crippen molar-refractivity contribution in [1.29, 1.82) is 0 Å². The molecule has 0 unspecified atom stereocenters. The second-order valence-corrected chi connectivity index (χ2v) is 28.4. The van der Waals surface area contributed by atoms with Crippen LogP contribution in [-0.4, -0.2) is 144 Å². The van der Waals surface area contributed by atoms with Crippen molar-refractivity contribution in [1.82, 2.24) is 47.9 Å². The zero-order valence-corrected chi connectivity index (χ0v) is 58.1. The van der Waals surface area contributed by atoms with Crippen LogP contribution in [0.5, 0.6) is 5.75 Å². The van der Waals surface area contributed by atoms with Crippen LogP contribution in [0.25, 0.3) is 0 Å².